The molecular formula is H8O7W. The van der Waals surface area contributed by atoms with Crippen LogP contribution in [0.2, 0.25) is 0 Å². The third-order valence-electron chi connectivity index (χ3n) is 0. The molecule has 0 fully saturated rings. The summed E-state index contributed by atoms with van der Waals surface area (Å²) in [6.45, 7) is 0. The maximum Gasteiger partial charge on any atom is 6.00 e. The van der Waals surface area contributed by atoms with E-state index in [-0.39, 0.29) is 59.4 Å². The van der Waals surface area contributed by atoms with E-state index in [9.17, 15) is 0 Å². The summed E-state index contributed by atoms with van der Waals surface area (Å²) in [7, 11) is 0. The molecule has 8 heteroatoms. The van der Waals surface area contributed by atoms with Crippen molar-refractivity contribution in [2.24, 2.45) is 0 Å². The second-order valence-electron chi connectivity index (χ2n) is 0. The van der Waals surface area contributed by atoms with E-state index in [1.165, 1.54) is 0 Å². The number of rotatable bonds is 0. The predicted molar refractivity (Wildman–Crippen MR) is 15.2 cm³/mol. The Morgan fingerprint density at radius 1 is 0.375 bits per heavy atom. The van der Waals surface area contributed by atoms with Crippen molar-refractivity contribution in [3.63, 3.8) is 0 Å². The molecule has 0 rings (SSSR count). The van der Waals surface area contributed by atoms with Crippen molar-refractivity contribution in [3.05, 3.63) is 0 Å². The van der Waals surface area contributed by atoms with Gasteiger partial charge in [-0.05, 0) is 0 Å². The van der Waals surface area contributed by atoms with E-state index in [2.05, 4.69) is 0 Å². The van der Waals surface area contributed by atoms with Gasteiger partial charge in [0.25, 0.3) is 0 Å². The van der Waals surface area contributed by atoms with Crippen LogP contribution in [0.3, 0.4) is 0 Å². The molecule has 56 valence electrons. The van der Waals surface area contributed by atoms with Crippen molar-refractivity contribution in [2.75, 3.05) is 0 Å². The molecule has 0 aliphatic rings. The summed E-state index contributed by atoms with van der Waals surface area (Å²) in [5.41, 5.74) is 0. The smallest absolute Gasteiger partial charge is 0.870 e. The van der Waals surface area contributed by atoms with Crippen molar-refractivity contribution in [1.29, 1.82) is 0 Å². The van der Waals surface area contributed by atoms with E-state index in [1.54, 1.807) is 0 Å². The zero-order chi connectivity index (χ0) is 0. The zero-order valence-electron chi connectivity index (χ0n) is 3.59. The number of hydrogen-bond donors (Lipinski definition) is 0. The van der Waals surface area contributed by atoms with Crippen LogP contribution in [0.4, 0.5) is 0 Å². The molecule has 0 aliphatic carbocycles. The van der Waals surface area contributed by atoms with E-state index in [4.69, 9.17) is 0 Å². The van der Waals surface area contributed by atoms with Crippen LogP contribution in [0.25, 0.3) is 0 Å². The first-order chi connectivity index (χ1) is 0. The molecule has 0 aliphatic heterocycles. The molecule has 8 heavy (non-hydrogen) atoms. The van der Waals surface area contributed by atoms with Gasteiger partial charge in [-0.15, -0.1) is 0 Å². The molecule has 0 aromatic carbocycles. The molecule has 0 saturated carbocycles. The van der Waals surface area contributed by atoms with Gasteiger partial charge in [0.15, 0.2) is 0 Å². The van der Waals surface area contributed by atoms with Crippen molar-refractivity contribution < 1.29 is 59.4 Å². The summed E-state index contributed by atoms with van der Waals surface area (Å²) in [4.78, 5) is 0. The monoisotopic (exact) mass is 304 g/mol. The minimum absolute atomic E-state index is 0. The maximum atomic E-state index is 0. The SMILES string of the molecule is O.[OH-].[OH-].[OH-].[OH-].[OH-].[OH-].[W+6]. The molecule has 0 bridgehead atoms. The van der Waals surface area contributed by atoms with Crippen LogP contribution in [0, 0.1) is 0 Å². The van der Waals surface area contributed by atoms with Gasteiger partial charge >= 0.3 is 21.1 Å². The standard InChI is InChI=1S/7H2O.W/h7*1H2;/q;;;;;;;+6/p-6. The van der Waals surface area contributed by atoms with Gasteiger partial charge in [-0.25, -0.2) is 0 Å². The average Bonchev–Trinajstić information content (AvgIpc) is 0. The van der Waals surface area contributed by atoms with E-state index >= 15 is 0 Å². The Labute approximate surface area is 60.1 Å². The normalized spacial score (nSPS) is 0. The van der Waals surface area contributed by atoms with E-state index < -0.39 is 0 Å². The predicted octanol–water partition coefficient (Wildman–Crippen LogP) is -1.89. The molecule has 0 aromatic rings. The molecule has 0 spiro atoms. The molecule has 0 amide bonds. The maximum absolute atomic E-state index is 0. The van der Waals surface area contributed by atoms with Gasteiger partial charge in [-0.1, -0.05) is 0 Å². The first-order valence-electron chi connectivity index (χ1n) is 0. The largest absolute Gasteiger partial charge is 6.00 e. The Kier molecular flexibility index (Phi) is 631000. The molecule has 0 saturated heterocycles. The minimum Gasteiger partial charge on any atom is -0.870 e. The fourth-order valence-corrected chi connectivity index (χ4v) is 0. The van der Waals surface area contributed by atoms with Crippen LogP contribution < -0.4 is 0 Å². The number of hydrogen-bond acceptors (Lipinski definition) is 6. The topological polar surface area (TPSA) is 212 Å². The molecule has 8 N–H and O–H groups in total. The zero-order valence-corrected chi connectivity index (χ0v) is 6.52. The molecule has 0 atom stereocenters. The quantitative estimate of drug-likeness (QED) is 0.498. The Bertz CT molecular complexity index is 4.35. The molecule has 0 radical (unpaired) electrons. The first kappa shape index (κ1) is 2770. The molecule has 7 nitrogen and oxygen atoms in total. The molecule has 0 aromatic heterocycles. The van der Waals surface area contributed by atoms with E-state index in [0.29, 0.717) is 0 Å². The Morgan fingerprint density at radius 3 is 0.375 bits per heavy atom. The van der Waals surface area contributed by atoms with Gasteiger partial charge in [0.2, 0.25) is 0 Å². The Hall–Kier alpha value is 0.408. The third kappa shape index (κ3) is 1120. The van der Waals surface area contributed by atoms with Crippen molar-refractivity contribution >= 4 is 0 Å². The van der Waals surface area contributed by atoms with Crippen LogP contribution >= 0.6 is 0 Å². The Morgan fingerprint density at radius 2 is 0.375 bits per heavy atom. The Balaban J connectivity index is 0. The van der Waals surface area contributed by atoms with Crippen molar-refractivity contribution in [1.82, 2.24) is 0 Å². The van der Waals surface area contributed by atoms with Gasteiger partial charge in [-0.2, -0.15) is 0 Å². The fraction of sp³-hybridized carbons (Fsp3) is 0. The summed E-state index contributed by atoms with van der Waals surface area (Å²) < 4.78 is 0. The molecule has 0 heterocycles. The van der Waals surface area contributed by atoms with Crippen molar-refractivity contribution in [2.45, 2.75) is 0 Å². The van der Waals surface area contributed by atoms with Gasteiger partial charge < -0.3 is 38.3 Å². The van der Waals surface area contributed by atoms with Crippen molar-refractivity contribution in [3.8, 4) is 0 Å². The summed E-state index contributed by atoms with van der Waals surface area (Å²) in [5, 5.41) is 0. The van der Waals surface area contributed by atoms with Gasteiger partial charge in [0.05, 0.1) is 0 Å². The van der Waals surface area contributed by atoms with Gasteiger partial charge in [-0.3, -0.25) is 0 Å². The van der Waals surface area contributed by atoms with E-state index in [0.717, 1.165) is 0 Å². The van der Waals surface area contributed by atoms with Gasteiger partial charge in [0, 0.05) is 0 Å². The minimum atomic E-state index is 0. The van der Waals surface area contributed by atoms with Gasteiger partial charge in [0.1, 0.15) is 0 Å². The second-order valence-corrected chi connectivity index (χ2v) is 0. The van der Waals surface area contributed by atoms with Crippen LogP contribution in [-0.4, -0.2) is 38.3 Å². The molecule has 0 unspecified atom stereocenters. The summed E-state index contributed by atoms with van der Waals surface area (Å²) in [6, 6.07) is 0. The first-order valence-corrected chi connectivity index (χ1v) is 0. The van der Waals surface area contributed by atoms with Crippen LogP contribution in [0.5, 0.6) is 0 Å². The summed E-state index contributed by atoms with van der Waals surface area (Å²) in [6.07, 6.45) is 0. The van der Waals surface area contributed by atoms with E-state index in [1.807, 2.05) is 0 Å². The third-order valence-corrected chi connectivity index (χ3v) is 0. The summed E-state index contributed by atoms with van der Waals surface area (Å²) in [5.74, 6) is 0. The van der Waals surface area contributed by atoms with Crippen LogP contribution in [-0.2, 0) is 21.1 Å². The average molecular weight is 304 g/mol. The van der Waals surface area contributed by atoms with Crippen LogP contribution in [0.1, 0.15) is 0 Å². The fourth-order valence-electron chi connectivity index (χ4n) is 0. The second kappa shape index (κ2) is 1820. The molecular weight excluding hydrogens is 296 g/mol. The van der Waals surface area contributed by atoms with Crippen LogP contribution in [0.15, 0.2) is 0 Å². The summed E-state index contributed by atoms with van der Waals surface area (Å²) >= 11 is 0.